The highest BCUT2D eigenvalue weighted by Crippen LogP contribution is 2.26. The topological polar surface area (TPSA) is 83.7 Å². The van der Waals surface area contributed by atoms with Crippen molar-refractivity contribution in [2.24, 2.45) is 0 Å². The first-order valence-corrected chi connectivity index (χ1v) is 5.86. The van der Waals surface area contributed by atoms with E-state index in [0.717, 1.165) is 24.7 Å². The number of aliphatic carboxylic acids is 1. The van der Waals surface area contributed by atoms with E-state index in [1.807, 2.05) is 18.9 Å². The second kappa shape index (κ2) is 6.53. The number of carbonyl (C=O) groups is 1. The van der Waals surface area contributed by atoms with Gasteiger partial charge in [0.25, 0.3) is 5.69 Å². The molecule has 0 saturated heterocycles. The Hall–Kier alpha value is -2.37. The minimum atomic E-state index is -1.09. The molecule has 6 heteroatoms. The molecule has 6 nitrogen and oxygen atoms in total. The molecule has 0 spiro atoms. The number of nitro benzene ring substituents is 1. The predicted octanol–water partition coefficient (Wildman–Crippen LogP) is 2.54. The fourth-order valence-corrected chi connectivity index (χ4v) is 1.75. The molecule has 0 atom stereocenters. The van der Waals surface area contributed by atoms with E-state index < -0.39 is 10.9 Å². The number of carboxylic acids is 1. The van der Waals surface area contributed by atoms with Crippen molar-refractivity contribution >= 4 is 23.4 Å². The van der Waals surface area contributed by atoms with Crippen molar-refractivity contribution in [3.8, 4) is 0 Å². The van der Waals surface area contributed by atoms with Gasteiger partial charge in [-0.2, -0.15) is 0 Å². The van der Waals surface area contributed by atoms with Gasteiger partial charge in [-0.05, 0) is 18.6 Å². The van der Waals surface area contributed by atoms with Gasteiger partial charge in [-0.1, -0.05) is 6.92 Å². The molecule has 0 aliphatic carbocycles. The van der Waals surface area contributed by atoms with Gasteiger partial charge >= 0.3 is 5.97 Å². The molecule has 0 saturated carbocycles. The standard InChI is InChI=1S/C13H16N2O4/c1-3-8-14(2)12-6-5-11(15(18)19)9-10(12)4-7-13(16)17/h4-7,9H,3,8H2,1-2H3,(H,16,17)/b7-4+. The second-order valence-electron chi connectivity index (χ2n) is 4.09. The molecule has 0 amide bonds. The molecule has 19 heavy (non-hydrogen) atoms. The largest absolute Gasteiger partial charge is 0.478 e. The van der Waals surface area contributed by atoms with Crippen LogP contribution in [0.25, 0.3) is 6.08 Å². The number of rotatable bonds is 6. The van der Waals surface area contributed by atoms with E-state index in [0.29, 0.717) is 5.56 Å². The summed E-state index contributed by atoms with van der Waals surface area (Å²) < 4.78 is 0. The zero-order chi connectivity index (χ0) is 14.4. The monoisotopic (exact) mass is 264 g/mol. The first-order chi connectivity index (χ1) is 8.95. The molecule has 0 fully saturated rings. The van der Waals surface area contributed by atoms with Crippen LogP contribution >= 0.6 is 0 Å². The third kappa shape index (κ3) is 4.09. The highest BCUT2D eigenvalue weighted by atomic mass is 16.6. The summed E-state index contributed by atoms with van der Waals surface area (Å²) in [5.41, 5.74) is 1.23. The number of hydrogen-bond acceptors (Lipinski definition) is 4. The Kier molecular flexibility index (Phi) is 5.05. The summed E-state index contributed by atoms with van der Waals surface area (Å²) >= 11 is 0. The first kappa shape index (κ1) is 14.7. The van der Waals surface area contributed by atoms with E-state index in [2.05, 4.69) is 0 Å². The van der Waals surface area contributed by atoms with E-state index in [4.69, 9.17) is 5.11 Å². The van der Waals surface area contributed by atoms with Crippen LogP contribution in [0.3, 0.4) is 0 Å². The highest BCUT2D eigenvalue weighted by Gasteiger charge is 2.11. The Morgan fingerprint density at radius 3 is 2.74 bits per heavy atom. The molecule has 0 heterocycles. The van der Waals surface area contributed by atoms with Crippen LogP contribution in [-0.4, -0.2) is 29.6 Å². The maximum atomic E-state index is 10.7. The van der Waals surface area contributed by atoms with E-state index >= 15 is 0 Å². The van der Waals surface area contributed by atoms with Crippen molar-refractivity contribution in [3.63, 3.8) is 0 Å². The molecule has 1 N–H and O–H groups in total. The number of benzene rings is 1. The van der Waals surface area contributed by atoms with Crippen LogP contribution in [0.5, 0.6) is 0 Å². The molecular weight excluding hydrogens is 248 g/mol. The van der Waals surface area contributed by atoms with Gasteiger partial charge in [-0.25, -0.2) is 4.79 Å². The normalized spacial score (nSPS) is 10.6. The minimum Gasteiger partial charge on any atom is -0.478 e. The lowest BCUT2D eigenvalue weighted by molar-refractivity contribution is -0.384. The van der Waals surface area contributed by atoms with Crippen molar-refractivity contribution in [1.29, 1.82) is 0 Å². The Morgan fingerprint density at radius 1 is 1.53 bits per heavy atom. The van der Waals surface area contributed by atoms with Gasteiger partial charge in [0, 0.05) is 43.1 Å². The molecule has 0 radical (unpaired) electrons. The van der Waals surface area contributed by atoms with Gasteiger partial charge in [0.15, 0.2) is 0 Å². The third-order valence-corrected chi connectivity index (χ3v) is 2.60. The van der Waals surface area contributed by atoms with Crippen LogP contribution in [0.1, 0.15) is 18.9 Å². The van der Waals surface area contributed by atoms with Crippen molar-refractivity contribution in [2.45, 2.75) is 13.3 Å². The zero-order valence-corrected chi connectivity index (χ0v) is 10.9. The average Bonchev–Trinajstić information content (AvgIpc) is 2.36. The fraction of sp³-hybridized carbons (Fsp3) is 0.308. The summed E-state index contributed by atoms with van der Waals surface area (Å²) in [6.45, 7) is 2.81. The van der Waals surface area contributed by atoms with Crippen LogP contribution in [0.2, 0.25) is 0 Å². The summed E-state index contributed by atoms with van der Waals surface area (Å²) in [5, 5.41) is 19.4. The van der Waals surface area contributed by atoms with E-state index in [1.165, 1.54) is 18.2 Å². The number of nitrogens with zero attached hydrogens (tertiary/aromatic N) is 2. The average molecular weight is 264 g/mol. The Balaban J connectivity index is 3.21. The second-order valence-corrected chi connectivity index (χ2v) is 4.09. The summed E-state index contributed by atoms with van der Waals surface area (Å²) in [5.74, 6) is -1.09. The summed E-state index contributed by atoms with van der Waals surface area (Å²) in [4.78, 5) is 22.8. The smallest absolute Gasteiger partial charge is 0.328 e. The van der Waals surface area contributed by atoms with Gasteiger partial charge in [0.1, 0.15) is 0 Å². The Labute approximate surface area is 111 Å². The molecule has 0 aromatic heterocycles. The van der Waals surface area contributed by atoms with Crippen LogP contribution < -0.4 is 4.90 Å². The molecular formula is C13H16N2O4. The molecule has 0 bridgehead atoms. The summed E-state index contributed by atoms with van der Waals surface area (Å²) in [7, 11) is 1.86. The number of carboxylic acid groups (broad SMARTS) is 1. The SMILES string of the molecule is CCCN(C)c1ccc([N+](=O)[O-])cc1/C=C/C(=O)O. The first-order valence-electron chi connectivity index (χ1n) is 5.86. The lowest BCUT2D eigenvalue weighted by Crippen LogP contribution is -2.18. The van der Waals surface area contributed by atoms with Crippen molar-refractivity contribution < 1.29 is 14.8 Å². The number of hydrogen-bond donors (Lipinski definition) is 1. The Morgan fingerprint density at radius 2 is 2.21 bits per heavy atom. The molecule has 1 aromatic carbocycles. The molecule has 0 unspecified atom stereocenters. The van der Waals surface area contributed by atoms with Gasteiger partial charge in [0.05, 0.1) is 4.92 Å². The fourth-order valence-electron chi connectivity index (χ4n) is 1.75. The van der Waals surface area contributed by atoms with Crippen LogP contribution in [0.4, 0.5) is 11.4 Å². The lowest BCUT2D eigenvalue weighted by Gasteiger charge is -2.20. The minimum absolute atomic E-state index is 0.0568. The van der Waals surface area contributed by atoms with E-state index in [-0.39, 0.29) is 5.69 Å². The lowest BCUT2D eigenvalue weighted by atomic mass is 10.1. The quantitative estimate of drug-likeness (QED) is 0.485. The number of nitro groups is 1. The number of anilines is 1. The summed E-state index contributed by atoms with van der Waals surface area (Å²) in [6.07, 6.45) is 3.27. The molecule has 1 rings (SSSR count). The third-order valence-electron chi connectivity index (χ3n) is 2.60. The molecule has 1 aromatic rings. The van der Waals surface area contributed by atoms with Crippen LogP contribution in [0.15, 0.2) is 24.3 Å². The maximum Gasteiger partial charge on any atom is 0.328 e. The number of non-ortho nitro benzene ring substituents is 1. The maximum absolute atomic E-state index is 10.7. The van der Waals surface area contributed by atoms with Gasteiger partial charge in [-0.3, -0.25) is 10.1 Å². The molecule has 0 aliphatic rings. The van der Waals surface area contributed by atoms with E-state index in [1.54, 1.807) is 6.07 Å². The van der Waals surface area contributed by atoms with Crippen molar-refractivity contribution in [3.05, 3.63) is 40.0 Å². The van der Waals surface area contributed by atoms with E-state index in [9.17, 15) is 14.9 Å². The molecule has 102 valence electrons. The van der Waals surface area contributed by atoms with Crippen molar-refractivity contribution in [2.75, 3.05) is 18.5 Å². The van der Waals surface area contributed by atoms with Gasteiger partial charge < -0.3 is 10.0 Å². The van der Waals surface area contributed by atoms with Gasteiger partial charge in [-0.15, -0.1) is 0 Å². The summed E-state index contributed by atoms with van der Waals surface area (Å²) in [6, 6.07) is 4.43. The molecule has 0 aliphatic heterocycles. The highest BCUT2D eigenvalue weighted by molar-refractivity contribution is 5.87. The van der Waals surface area contributed by atoms with Crippen molar-refractivity contribution in [1.82, 2.24) is 0 Å². The van der Waals surface area contributed by atoms with Crippen LogP contribution in [-0.2, 0) is 4.79 Å². The predicted molar refractivity (Wildman–Crippen MR) is 73.3 cm³/mol. The van der Waals surface area contributed by atoms with Crippen LogP contribution in [0, 0.1) is 10.1 Å². The Bertz CT molecular complexity index is 511. The van der Waals surface area contributed by atoms with Gasteiger partial charge in [0.2, 0.25) is 0 Å². The zero-order valence-electron chi connectivity index (χ0n) is 10.9.